The molecule has 0 aliphatic carbocycles. The zero-order valence-electron chi connectivity index (χ0n) is 21.7. The molecule has 3 aromatic rings. The maximum atomic E-state index is 13.6. The number of hydrogen-bond acceptors (Lipinski definition) is 7. The molecular formula is C27H26F3N5O4S. The van der Waals surface area contributed by atoms with E-state index in [-0.39, 0.29) is 35.5 Å². The van der Waals surface area contributed by atoms with Gasteiger partial charge in [0.15, 0.2) is 0 Å². The Morgan fingerprint density at radius 2 is 1.75 bits per heavy atom. The molecule has 1 atom stereocenters. The first-order valence-corrected chi connectivity index (χ1v) is 14.4. The van der Waals surface area contributed by atoms with E-state index in [1.807, 2.05) is 24.0 Å². The molecule has 0 spiro atoms. The first-order chi connectivity index (χ1) is 18.8. The summed E-state index contributed by atoms with van der Waals surface area (Å²) in [7, 11) is -3.69. The van der Waals surface area contributed by atoms with E-state index in [1.54, 1.807) is 17.0 Å². The van der Waals surface area contributed by atoms with Gasteiger partial charge < -0.3 is 14.7 Å². The predicted molar refractivity (Wildman–Crippen MR) is 140 cm³/mol. The first-order valence-electron chi connectivity index (χ1n) is 12.5. The van der Waals surface area contributed by atoms with Crippen molar-refractivity contribution in [2.24, 2.45) is 0 Å². The Kier molecular flexibility index (Phi) is 7.02. The number of carbonyl (C=O) groups excluding carboxylic acids is 2. The summed E-state index contributed by atoms with van der Waals surface area (Å²) in [6.07, 6.45) is -1.27. The van der Waals surface area contributed by atoms with Gasteiger partial charge in [-0.2, -0.15) is 13.2 Å². The summed E-state index contributed by atoms with van der Waals surface area (Å²) >= 11 is 0. The minimum Gasteiger partial charge on any atom is -0.367 e. The molecule has 1 aromatic heterocycles. The summed E-state index contributed by atoms with van der Waals surface area (Å²) in [6, 6.07) is 10.3. The second kappa shape index (κ2) is 10.2. The molecule has 1 saturated heterocycles. The van der Waals surface area contributed by atoms with Crippen molar-refractivity contribution in [1.82, 2.24) is 19.8 Å². The number of aromatic nitrogens is 2. The largest absolute Gasteiger partial charge is 0.416 e. The quantitative estimate of drug-likeness (QED) is 0.432. The van der Waals surface area contributed by atoms with Crippen LogP contribution in [0.5, 0.6) is 0 Å². The number of amides is 2. The van der Waals surface area contributed by atoms with Crippen LogP contribution < -0.4 is 4.90 Å². The Balaban J connectivity index is 1.35. The molecule has 3 heterocycles. The van der Waals surface area contributed by atoms with Crippen LogP contribution in [0.1, 0.15) is 28.4 Å². The van der Waals surface area contributed by atoms with E-state index < -0.39 is 26.7 Å². The average molecular weight is 574 g/mol. The zero-order valence-corrected chi connectivity index (χ0v) is 22.5. The number of anilines is 1. The first kappa shape index (κ1) is 27.6. The number of hydrogen-bond donors (Lipinski definition) is 0. The minimum atomic E-state index is -4.59. The third-order valence-corrected chi connectivity index (χ3v) is 7.98. The number of halogens is 3. The highest BCUT2D eigenvalue weighted by molar-refractivity contribution is 7.90. The lowest BCUT2D eigenvalue weighted by molar-refractivity contribution is -0.137. The SMILES string of the molecule is CC1CN(c2ccc(C(F)(F)F)cc2-c2cnc(S(C)(=O)=O)nc2)CCN1C(=O)CN1Cc2ccccc2C1=O. The minimum absolute atomic E-state index is 0.0621. The van der Waals surface area contributed by atoms with Crippen molar-refractivity contribution in [2.75, 3.05) is 37.3 Å². The van der Waals surface area contributed by atoms with E-state index in [0.29, 0.717) is 37.4 Å². The molecule has 2 aliphatic rings. The normalized spacial score (nSPS) is 17.8. The molecule has 0 bridgehead atoms. The molecule has 2 aliphatic heterocycles. The Labute approximate surface area is 229 Å². The molecule has 210 valence electrons. The predicted octanol–water partition coefficient (Wildman–Crippen LogP) is 3.26. The van der Waals surface area contributed by atoms with Gasteiger partial charge in [0.2, 0.25) is 20.9 Å². The Hall–Kier alpha value is -4.00. The number of fused-ring (bicyclic) bond motifs is 1. The van der Waals surface area contributed by atoms with Crippen LogP contribution in [0.3, 0.4) is 0 Å². The third kappa shape index (κ3) is 5.37. The maximum absolute atomic E-state index is 13.6. The Morgan fingerprint density at radius 1 is 1.05 bits per heavy atom. The number of benzene rings is 2. The van der Waals surface area contributed by atoms with Gasteiger partial charge in [-0.15, -0.1) is 0 Å². The standard InChI is InChI=1S/C27H26F3N5O4S/c1-17-14-33(9-10-35(17)24(36)16-34-15-18-5-3-4-6-21(18)25(34)37)23-8-7-20(27(28,29)30)11-22(23)19-12-31-26(32-13-19)40(2,38)39/h3-8,11-13,17H,9-10,14-16H2,1-2H3. The highest BCUT2D eigenvalue weighted by atomic mass is 32.2. The molecule has 0 radical (unpaired) electrons. The average Bonchev–Trinajstić information content (AvgIpc) is 3.22. The molecule has 0 N–H and O–H groups in total. The molecule has 1 fully saturated rings. The monoisotopic (exact) mass is 573 g/mol. The number of sulfone groups is 1. The molecule has 5 rings (SSSR count). The molecule has 9 nitrogen and oxygen atoms in total. The number of carbonyl (C=O) groups is 2. The van der Waals surface area contributed by atoms with Gasteiger partial charge in [0, 0.05) is 73.2 Å². The van der Waals surface area contributed by atoms with Crippen LogP contribution in [0.25, 0.3) is 11.1 Å². The lowest BCUT2D eigenvalue weighted by atomic mass is 10.0. The lowest BCUT2D eigenvalue weighted by Crippen LogP contribution is -2.56. The van der Waals surface area contributed by atoms with Gasteiger partial charge in [0.25, 0.3) is 5.91 Å². The molecule has 2 amide bonds. The van der Waals surface area contributed by atoms with E-state index in [2.05, 4.69) is 9.97 Å². The van der Waals surface area contributed by atoms with Crippen molar-refractivity contribution in [1.29, 1.82) is 0 Å². The van der Waals surface area contributed by atoms with Crippen LogP contribution in [-0.4, -0.2) is 78.5 Å². The summed E-state index contributed by atoms with van der Waals surface area (Å²) in [5.41, 5.74) is 1.51. The molecule has 0 saturated carbocycles. The summed E-state index contributed by atoms with van der Waals surface area (Å²) in [4.78, 5) is 38.6. The second-order valence-electron chi connectivity index (χ2n) is 9.96. The third-order valence-electron chi connectivity index (χ3n) is 7.11. The summed E-state index contributed by atoms with van der Waals surface area (Å²) in [6.45, 7) is 3.13. The molecule has 1 unspecified atom stereocenters. The number of alkyl halides is 3. The van der Waals surface area contributed by atoms with Crippen molar-refractivity contribution in [2.45, 2.75) is 30.8 Å². The van der Waals surface area contributed by atoms with E-state index in [9.17, 15) is 31.2 Å². The fraction of sp³-hybridized carbons (Fsp3) is 0.333. The maximum Gasteiger partial charge on any atom is 0.416 e. The number of rotatable bonds is 5. The van der Waals surface area contributed by atoms with Crippen molar-refractivity contribution >= 4 is 27.3 Å². The zero-order chi connectivity index (χ0) is 28.8. The van der Waals surface area contributed by atoms with Gasteiger partial charge in [-0.3, -0.25) is 9.59 Å². The Morgan fingerprint density at radius 3 is 2.38 bits per heavy atom. The summed E-state index contributed by atoms with van der Waals surface area (Å²) in [5, 5.41) is -0.426. The fourth-order valence-electron chi connectivity index (χ4n) is 5.11. The molecule has 40 heavy (non-hydrogen) atoms. The van der Waals surface area contributed by atoms with Gasteiger partial charge in [0.1, 0.15) is 6.54 Å². The highest BCUT2D eigenvalue weighted by Gasteiger charge is 2.35. The van der Waals surface area contributed by atoms with Crippen LogP contribution in [0.15, 0.2) is 60.0 Å². The lowest BCUT2D eigenvalue weighted by Gasteiger charge is -2.42. The number of nitrogens with zero attached hydrogens (tertiary/aromatic N) is 5. The van der Waals surface area contributed by atoms with Crippen molar-refractivity contribution in [3.8, 4) is 11.1 Å². The molecule has 2 aromatic carbocycles. The van der Waals surface area contributed by atoms with Gasteiger partial charge in [0.05, 0.1) is 5.56 Å². The fourth-order valence-corrected chi connectivity index (χ4v) is 5.60. The van der Waals surface area contributed by atoms with E-state index in [0.717, 1.165) is 24.0 Å². The van der Waals surface area contributed by atoms with Gasteiger partial charge in [-0.05, 0) is 36.8 Å². The van der Waals surface area contributed by atoms with E-state index in [1.165, 1.54) is 23.4 Å². The van der Waals surface area contributed by atoms with Crippen LogP contribution in [-0.2, 0) is 27.4 Å². The van der Waals surface area contributed by atoms with Crippen LogP contribution in [0.2, 0.25) is 0 Å². The smallest absolute Gasteiger partial charge is 0.367 e. The van der Waals surface area contributed by atoms with Crippen molar-refractivity contribution in [3.63, 3.8) is 0 Å². The van der Waals surface area contributed by atoms with Gasteiger partial charge in [-0.25, -0.2) is 18.4 Å². The summed E-state index contributed by atoms with van der Waals surface area (Å²) < 4.78 is 64.2. The van der Waals surface area contributed by atoms with Gasteiger partial charge >= 0.3 is 6.18 Å². The number of piperazine rings is 1. The highest BCUT2D eigenvalue weighted by Crippen LogP contribution is 2.38. The Bertz CT molecular complexity index is 1580. The van der Waals surface area contributed by atoms with Crippen LogP contribution in [0, 0.1) is 0 Å². The van der Waals surface area contributed by atoms with Crippen molar-refractivity contribution in [3.05, 3.63) is 71.5 Å². The van der Waals surface area contributed by atoms with Crippen LogP contribution >= 0.6 is 0 Å². The molecule has 13 heteroatoms. The van der Waals surface area contributed by atoms with Crippen molar-refractivity contribution < 1.29 is 31.2 Å². The summed E-state index contributed by atoms with van der Waals surface area (Å²) in [5.74, 6) is -0.389. The topological polar surface area (TPSA) is 104 Å². The second-order valence-corrected chi connectivity index (χ2v) is 11.9. The van der Waals surface area contributed by atoms with Gasteiger partial charge in [-0.1, -0.05) is 18.2 Å². The van der Waals surface area contributed by atoms with Crippen LogP contribution in [0.4, 0.5) is 18.9 Å². The van der Waals surface area contributed by atoms with E-state index >= 15 is 0 Å². The van der Waals surface area contributed by atoms with E-state index in [4.69, 9.17) is 0 Å². The molecular weight excluding hydrogens is 547 g/mol.